The first kappa shape index (κ1) is 11.2. The number of thiazole rings is 1. The van der Waals surface area contributed by atoms with E-state index in [0.717, 1.165) is 17.4 Å². The van der Waals surface area contributed by atoms with Crippen LogP contribution in [0.1, 0.15) is 25.6 Å². The van der Waals surface area contributed by atoms with Crippen LogP contribution in [0.15, 0.2) is 5.38 Å². The number of aliphatic hydroxyl groups excluding tert-OH is 1. The Bertz CT molecular complexity index is 327. The molecule has 0 amide bonds. The summed E-state index contributed by atoms with van der Waals surface area (Å²) >= 11 is 3.63. The molecule has 15 heavy (non-hydrogen) atoms. The molecular weight excluding hydrogens is 228 g/mol. The number of aromatic nitrogens is 1. The molecule has 2 rings (SSSR count). The van der Waals surface area contributed by atoms with Crippen molar-refractivity contribution in [3.8, 4) is 0 Å². The Labute approximate surface area is 98.5 Å². The first-order valence-corrected chi connectivity index (χ1v) is 7.20. The second kappa shape index (κ2) is 4.72. The first-order chi connectivity index (χ1) is 7.18. The average Bonchev–Trinajstić information content (AvgIpc) is 2.67. The zero-order chi connectivity index (χ0) is 10.8. The van der Waals surface area contributed by atoms with Crippen molar-refractivity contribution in [2.24, 2.45) is 0 Å². The van der Waals surface area contributed by atoms with Crippen LogP contribution in [0, 0.1) is 0 Å². The van der Waals surface area contributed by atoms with Gasteiger partial charge in [0.1, 0.15) is 0 Å². The Morgan fingerprint density at radius 3 is 3.07 bits per heavy atom. The summed E-state index contributed by atoms with van der Waals surface area (Å²) < 4.78 is 0. The SMILES string of the molecule is CC(O)c1csc(N2CCSCC2C)n1. The number of nitrogens with zero attached hydrogens (tertiary/aromatic N) is 2. The van der Waals surface area contributed by atoms with Crippen molar-refractivity contribution in [3.63, 3.8) is 0 Å². The van der Waals surface area contributed by atoms with Gasteiger partial charge in [0.25, 0.3) is 0 Å². The van der Waals surface area contributed by atoms with E-state index >= 15 is 0 Å². The molecule has 2 unspecified atom stereocenters. The minimum atomic E-state index is -0.454. The molecule has 2 heterocycles. The molecule has 1 N–H and O–H groups in total. The third-order valence-corrected chi connectivity index (χ3v) is 4.64. The molecule has 1 aromatic heterocycles. The monoisotopic (exact) mass is 244 g/mol. The second-order valence-electron chi connectivity index (χ2n) is 3.85. The quantitative estimate of drug-likeness (QED) is 0.864. The maximum absolute atomic E-state index is 9.42. The summed E-state index contributed by atoms with van der Waals surface area (Å²) in [4.78, 5) is 6.81. The Morgan fingerprint density at radius 1 is 1.67 bits per heavy atom. The van der Waals surface area contributed by atoms with Crippen LogP contribution >= 0.6 is 23.1 Å². The van der Waals surface area contributed by atoms with E-state index in [1.807, 2.05) is 17.1 Å². The van der Waals surface area contributed by atoms with Gasteiger partial charge in [-0.1, -0.05) is 0 Å². The van der Waals surface area contributed by atoms with Gasteiger partial charge in [-0.05, 0) is 13.8 Å². The molecular formula is C10H16N2OS2. The fourth-order valence-electron chi connectivity index (χ4n) is 1.61. The van der Waals surface area contributed by atoms with Gasteiger partial charge < -0.3 is 10.0 Å². The van der Waals surface area contributed by atoms with E-state index in [1.54, 1.807) is 18.3 Å². The van der Waals surface area contributed by atoms with E-state index in [4.69, 9.17) is 0 Å². The van der Waals surface area contributed by atoms with Gasteiger partial charge in [-0.3, -0.25) is 0 Å². The third kappa shape index (κ3) is 2.46. The largest absolute Gasteiger partial charge is 0.387 e. The summed E-state index contributed by atoms with van der Waals surface area (Å²) in [7, 11) is 0. The Balaban J connectivity index is 2.13. The molecule has 0 radical (unpaired) electrons. The highest BCUT2D eigenvalue weighted by Crippen LogP contribution is 2.28. The van der Waals surface area contributed by atoms with Crippen molar-refractivity contribution < 1.29 is 5.11 Å². The van der Waals surface area contributed by atoms with Gasteiger partial charge in [0.2, 0.25) is 0 Å². The van der Waals surface area contributed by atoms with Crippen LogP contribution < -0.4 is 4.90 Å². The van der Waals surface area contributed by atoms with Crippen molar-refractivity contribution in [1.29, 1.82) is 0 Å². The number of hydrogen-bond donors (Lipinski definition) is 1. The van der Waals surface area contributed by atoms with Crippen LogP contribution in [0.5, 0.6) is 0 Å². The van der Waals surface area contributed by atoms with Gasteiger partial charge in [-0.2, -0.15) is 11.8 Å². The molecule has 0 aliphatic carbocycles. The lowest BCUT2D eigenvalue weighted by Crippen LogP contribution is -2.40. The van der Waals surface area contributed by atoms with Crippen molar-refractivity contribution in [1.82, 2.24) is 4.98 Å². The van der Waals surface area contributed by atoms with Crippen molar-refractivity contribution in [2.45, 2.75) is 26.0 Å². The number of rotatable bonds is 2. The van der Waals surface area contributed by atoms with Crippen molar-refractivity contribution in [2.75, 3.05) is 23.0 Å². The van der Waals surface area contributed by atoms with Gasteiger partial charge in [-0.25, -0.2) is 4.98 Å². The predicted octanol–water partition coefficient (Wildman–Crippen LogP) is 2.14. The summed E-state index contributed by atoms with van der Waals surface area (Å²) in [5.41, 5.74) is 0.792. The minimum absolute atomic E-state index is 0.454. The number of hydrogen-bond acceptors (Lipinski definition) is 5. The molecule has 0 aromatic carbocycles. The summed E-state index contributed by atoms with van der Waals surface area (Å²) in [5, 5.41) is 12.4. The standard InChI is InChI=1S/C10H16N2OS2/c1-7-5-14-4-3-12(7)10-11-9(6-15-10)8(2)13/h6-8,13H,3-5H2,1-2H3. The highest BCUT2D eigenvalue weighted by Gasteiger charge is 2.21. The number of aliphatic hydroxyl groups is 1. The summed E-state index contributed by atoms with van der Waals surface area (Å²) in [5.74, 6) is 2.34. The van der Waals surface area contributed by atoms with E-state index in [2.05, 4.69) is 16.8 Å². The topological polar surface area (TPSA) is 36.4 Å². The minimum Gasteiger partial charge on any atom is -0.387 e. The van der Waals surface area contributed by atoms with Gasteiger partial charge >= 0.3 is 0 Å². The van der Waals surface area contributed by atoms with E-state index in [0.29, 0.717) is 6.04 Å². The molecule has 0 saturated carbocycles. The van der Waals surface area contributed by atoms with Crippen molar-refractivity contribution >= 4 is 28.2 Å². The number of anilines is 1. The predicted molar refractivity (Wildman–Crippen MR) is 66.9 cm³/mol. The molecule has 2 atom stereocenters. The summed E-state index contributed by atoms with van der Waals surface area (Å²) in [6.07, 6.45) is -0.454. The molecule has 1 aliphatic heterocycles. The highest BCUT2D eigenvalue weighted by atomic mass is 32.2. The molecule has 1 aliphatic rings. The third-order valence-electron chi connectivity index (χ3n) is 2.55. The smallest absolute Gasteiger partial charge is 0.185 e. The molecule has 0 bridgehead atoms. The first-order valence-electron chi connectivity index (χ1n) is 5.16. The van der Waals surface area contributed by atoms with Gasteiger partial charge in [0, 0.05) is 29.5 Å². The second-order valence-corrected chi connectivity index (χ2v) is 5.83. The maximum atomic E-state index is 9.42. The van der Waals surface area contributed by atoms with Crippen LogP contribution in [0.4, 0.5) is 5.13 Å². The molecule has 1 saturated heterocycles. The van der Waals surface area contributed by atoms with E-state index in [-0.39, 0.29) is 0 Å². The van der Waals surface area contributed by atoms with Crippen LogP contribution in [0.25, 0.3) is 0 Å². The Morgan fingerprint density at radius 2 is 2.47 bits per heavy atom. The van der Waals surface area contributed by atoms with Crippen molar-refractivity contribution in [3.05, 3.63) is 11.1 Å². The molecule has 1 aromatic rings. The van der Waals surface area contributed by atoms with Gasteiger partial charge in [-0.15, -0.1) is 11.3 Å². The average molecular weight is 244 g/mol. The van der Waals surface area contributed by atoms with Gasteiger partial charge in [0.05, 0.1) is 11.8 Å². The fraction of sp³-hybridized carbons (Fsp3) is 0.700. The lowest BCUT2D eigenvalue weighted by Gasteiger charge is -2.32. The van der Waals surface area contributed by atoms with Crippen LogP contribution in [0.3, 0.4) is 0 Å². The lowest BCUT2D eigenvalue weighted by atomic mass is 10.3. The van der Waals surface area contributed by atoms with E-state index in [1.165, 1.54) is 11.5 Å². The Kier molecular flexibility index (Phi) is 3.53. The molecule has 84 valence electrons. The summed E-state index contributed by atoms with van der Waals surface area (Å²) in [6.45, 7) is 5.06. The highest BCUT2D eigenvalue weighted by molar-refractivity contribution is 7.99. The lowest BCUT2D eigenvalue weighted by molar-refractivity contribution is 0.195. The molecule has 1 fully saturated rings. The maximum Gasteiger partial charge on any atom is 0.185 e. The van der Waals surface area contributed by atoms with Gasteiger partial charge in [0.15, 0.2) is 5.13 Å². The zero-order valence-electron chi connectivity index (χ0n) is 9.01. The van der Waals surface area contributed by atoms with E-state index < -0.39 is 6.10 Å². The zero-order valence-corrected chi connectivity index (χ0v) is 10.6. The normalized spacial score (nSPS) is 24.2. The molecule has 5 heteroatoms. The van der Waals surface area contributed by atoms with E-state index in [9.17, 15) is 5.11 Å². The number of thioether (sulfide) groups is 1. The fourth-order valence-corrected chi connectivity index (χ4v) is 3.67. The van der Waals surface area contributed by atoms with Crippen LogP contribution in [0.2, 0.25) is 0 Å². The molecule has 3 nitrogen and oxygen atoms in total. The molecule has 0 spiro atoms. The van der Waals surface area contributed by atoms with Crippen LogP contribution in [-0.4, -0.2) is 34.2 Å². The summed E-state index contributed by atoms with van der Waals surface area (Å²) in [6, 6.07) is 0.553. The Hall–Kier alpha value is -0.260. The van der Waals surface area contributed by atoms with Crippen LogP contribution in [-0.2, 0) is 0 Å².